The molecule has 0 unspecified atom stereocenters. The number of quaternary nitrogens is 1. The van der Waals surface area contributed by atoms with E-state index in [1.165, 1.54) is 5.56 Å². The number of benzene rings is 3. The number of ether oxygens (including phenoxy) is 2. The Morgan fingerprint density at radius 1 is 0.781 bits per heavy atom. The predicted molar refractivity (Wildman–Crippen MR) is 126 cm³/mol. The van der Waals surface area contributed by atoms with Crippen LogP contribution in [0.15, 0.2) is 85.2 Å². The van der Waals surface area contributed by atoms with Crippen LogP contribution in [0, 0.1) is 0 Å². The molecule has 4 rings (SSSR count). The molecule has 0 radical (unpaired) electrons. The van der Waals surface area contributed by atoms with Gasteiger partial charge in [-0.25, -0.2) is 9.97 Å². The number of para-hydroxylation sites is 1. The summed E-state index contributed by atoms with van der Waals surface area (Å²) in [4.78, 5) is 8.81. The fourth-order valence-electron chi connectivity index (χ4n) is 3.60. The maximum Gasteiger partial charge on any atom is 0.134 e. The molecule has 162 valence electrons. The van der Waals surface area contributed by atoms with Crippen LogP contribution in [0.5, 0.6) is 11.5 Å². The number of hydrogen-bond acceptors (Lipinski definition) is 5. The van der Waals surface area contributed by atoms with Gasteiger partial charge in [-0.2, -0.15) is 0 Å². The molecule has 0 spiro atoms. The predicted octanol–water partition coefficient (Wildman–Crippen LogP) is 4.17. The number of methoxy groups -OCH3 is 2. The number of nitrogens with zero attached hydrogens (tertiary/aromatic N) is 2. The Balaban J connectivity index is 1.50. The number of nitrogens with two attached hydrogens (primary N) is 1. The highest BCUT2D eigenvalue weighted by molar-refractivity contribution is 5.70. The van der Waals surface area contributed by atoms with Gasteiger partial charge < -0.3 is 20.1 Å². The first kappa shape index (κ1) is 21.3. The minimum atomic E-state index is 0.713. The summed E-state index contributed by atoms with van der Waals surface area (Å²) in [5.74, 6) is 2.36. The standard InChI is InChI=1S/C26H26N4O2/c1-31-24-13-12-21(14-20(24)17-27-16-19-8-4-3-5-9-19)30-26-15-23(28-18-29-26)22-10-6-7-11-25(22)32-2/h3-15,18,27H,16-17H2,1-2H3,(H,28,29,30)/p+1. The molecule has 0 atom stereocenters. The van der Waals surface area contributed by atoms with E-state index < -0.39 is 0 Å². The molecule has 6 nitrogen and oxygen atoms in total. The quantitative estimate of drug-likeness (QED) is 0.419. The first-order valence-electron chi connectivity index (χ1n) is 10.5. The van der Waals surface area contributed by atoms with Gasteiger partial charge in [0.05, 0.1) is 25.5 Å². The van der Waals surface area contributed by atoms with Crippen LogP contribution in [-0.4, -0.2) is 24.2 Å². The Labute approximate surface area is 188 Å². The fourth-order valence-corrected chi connectivity index (χ4v) is 3.60. The number of nitrogens with one attached hydrogen (secondary N) is 1. The van der Waals surface area contributed by atoms with Crippen LogP contribution in [0.4, 0.5) is 11.5 Å². The van der Waals surface area contributed by atoms with Crippen molar-refractivity contribution < 1.29 is 14.8 Å². The smallest absolute Gasteiger partial charge is 0.134 e. The first-order chi connectivity index (χ1) is 15.8. The van der Waals surface area contributed by atoms with E-state index >= 15 is 0 Å². The van der Waals surface area contributed by atoms with Crippen LogP contribution >= 0.6 is 0 Å². The Morgan fingerprint density at radius 2 is 1.56 bits per heavy atom. The highest BCUT2D eigenvalue weighted by Gasteiger charge is 2.10. The summed E-state index contributed by atoms with van der Waals surface area (Å²) in [6.45, 7) is 1.72. The summed E-state index contributed by atoms with van der Waals surface area (Å²) in [7, 11) is 3.36. The summed E-state index contributed by atoms with van der Waals surface area (Å²) < 4.78 is 11.0. The second-order valence-corrected chi connectivity index (χ2v) is 7.32. The second-order valence-electron chi connectivity index (χ2n) is 7.32. The lowest BCUT2D eigenvalue weighted by molar-refractivity contribution is -0.686. The molecule has 3 aromatic carbocycles. The highest BCUT2D eigenvalue weighted by Crippen LogP contribution is 2.30. The monoisotopic (exact) mass is 427 g/mol. The molecule has 3 N–H and O–H groups in total. The van der Waals surface area contributed by atoms with Gasteiger partial charge in [-0.05, 0) is 30.3 Å². The topological polar surface area (TPSA) is 72.9 Å². The molecule has 0 saturated heterocycles. The number of hydrogen-bond donors (Lipinski definition) is 2. The van der Waals surface area contributed by atoms with Crippen LogP contribution in [0.1, 0.15) is 11.1 Å². The Morgan fingerprint density at radius 3 is 2.38 bits per heavy atom. The summed E-state index contributed by atoms with van der Waals surface area (Å²) in [5, 5.41) is 5.66. The van der Waals surface area contributed by atoms with Gasteiger partial charge in [-0.1, -0.05) is 42.5 Å². The van der Waals surface area contributed by atoms with Crippen LogP contribution < -0.4 is 20.1 Å². The molecule has 0 aliphatic rings. The van der Waals surface area contributed by atoms with Gasteiger partial charge >= 0.3 is 0 Å². The van der Waals surface area contributed by atoms with Gasteiger partial charge in [0, 0.05) is 22.9 Å². The zero-order chi connectivity index (χ0) is 22.2. The van der Waals surface area contributed by atoms with E-state index in [2.05, 4.69) is 50.9 Å². The maximum atomic E-state index is 5.57. The van der Waals surface area contributed by atoms with Gasteiger partial charge in [-0.15, -0.1) is 0 Å². The van der Waals surface area contributed by atoms with Crippen molar-refractivity contribution in [2.45, 2.75) is 13.1 Å². The summed E-state index contributed by atoms with van der Waals surface area (Å²) in [5.41, 5.74) is 5.08. The van der Waals surface area contributed by atoms with Crippen molar-refractivity contribution in [3.05, 3.63) is 96.3 Å². The number of aromatic nitrogens is 2. The molecule has 0 amide bonds. The molecule has 0 bridgehead atoms. The normalized spacial score (nSPS) is 10.6. The molecule has 0 aliphatic carbocycles. The third-order valence-electron chi connectivity index (χ3n) is 5.19. The van der Waals surface area contributed by atoms with Gasteiger partial charge in [0.15, 0.2) is 0 Å². The van der Waals surface area contributed by atoms with Crippen molar-refractivity contribution in [2.75, 3.05) is 19.5 Å². The lowest BCUT2D eigenvalue weighted by Crippen LogP contribution is -2.80. The van der Waals surface area contributed by atoms with E-state index in [9.17, 15) is 0 Å². The van der Waals surface area contributed by atoms with E-state index in [1.807, 2.05) is 48.5 Å². The Hall–Kier alpha value is -3.90. The van der Waals surface area contributed by atoms with Crippen molar-refractivity contribution in [3.63, 3.8) is 0 Å². The molecule has 6 heteroatoms. The van der Waals surface area contributed by atoms with Crippen LogP contribution in [-0.2, 0) is 13.1 Å². The van der Waals surface area contributed by atoms with E-state index in [-0.39, 0.29) is 0 Å². The lowest BCUT2D eigenvalue weighted by Gasteiger charge is -2.12. The molecule has 0 fully saturated rings. The van der Waals surface area contributed by atoms with Crippen molar-refractivity contribution in [3.8, 4) is 22.8 Å². The largest absolute Gasteiger partial charge is 0.496 e. The minimum absolute atomic E-state index is 0.713. The molecule has 0 saturated carbocycles. The third-order valence-corrected chi connectivity index (χ3v) is 5.19. The summed E-state index contributed by atoms with van der Waals surface area (Å²) >= 11 is 0. The van der Waals surface area contributed by atoms with Gasteiger partial charge in [0.1, 0.15) is 36.7 Å². The molecule has 32 heavy (non-hydrogen) atoms. The number of rotatable bonds is 9. The zero-order valence-electron chi connectivity index (χ0n) is 18.3. The summed E-state index contributed by atoms with van der Waals surface area (Å²) in [6, 6.07) is 26.3. The molecular formula is C26H27N4O2+. The molecule has 1 heterocycles. The molecule has 1 aromatic heterocycles. The molecular weight excluding hydrogens is 400 g/mol. The number of anilines is 2. The Bertz CT molecular complexity index is 1170. The average Bonchev–Trinajstić information content (AvgIpc) is 2.85. The maximum absolute atomic E-state index is 5.57. The van der Waals surface area contributed by atoms with Crippen LogP contribution in [0.3, 0.4) is 0 Å². The molecule has 0 aliphatic heterocycles. The van der Waals surface area contributed by atoms with E-state index in [0.29, 0.717) is 5.82 Å². The highest BCUT2D eigenvalue weighted by atomic mass is 16.5. The van der Waals surface area contributed by atoms with E-state index in [0.717, 1.165) is 47.1 Å². The fraction of sp³-hybridized carbons (Fsp3) is 0.154. The second kappa shape index (κ2) is 10.4. The van der Waals surface area contributed by atoms with Crippen molar-refractivity contribution in [2.24, 2.45) is 0 Å². The minimum Gasteiger partial charge on any atom is -0.496 e. The summed E-state index contributed by atoms with van der Waals surface area (Å²) in [6.07, 6.45) is 1.56. The van der Waals surface area contributed by atoms with E-state index in [4.69, 9.17) is 9.47 Å². The zero-order valence-corrected chi connectivity index (χ0v) is 18.3. The SMILES string of the molecule is COc1ccc(Nc2cc(-c3ccccc3OC)ncn2)cc1C[NH2+]Cc1ccccc1. The first-order valence-corrected chi connectivity index (χ1v) is 10.5. The van der Waals surface area contributed by atoms with Gasteiger partial charge in [0.25, 0.3) is 0 Å². The third kappa shape index (κ3) is 5.22. The lowest BCUT2D eigenvalue weighted by atomic mass is 10.1. The van der Waals surface area contributed by atoms with Gasteiger partial charge in [0.2, 0.25) is 0 Å². The van der Waals surface area contributed by atoms with Crippen molar-refractivity contribution >= 4 is 11.5 Å². The molecule has 4 aromatic rings. The van der Waals surface area contributed by atoms with Crippen LogP contribution in [0.25, 0.3) is 11.3 Å². The Kier molecular flexibility index (Phi) is 6.94. The van der Waals surface area contributed by atoms with Crippen molar-refractivity contribution in [1.29, 1.82) is 0 Å². The van der Waals surface area contributed by atoms with E-state index in [1.54, 1.807) is 20.5 Å². The average molecular weight is 428 g/mol. The van der Waals surface area contributed by atoms with Crippen LogP contribution in [0.2, 0.25) is 0 Å². The van der Waals surface area contributed by atoms with Gasteiger partial charge in [-0.3, -0.25) is 0 Å². The van der Waals surface area contributed by atoms with Crippen molar-refractivity contribution in [1.82, 2.24) is 9.97 Å².